The minimum absolute atomic E-state index is 0.0128. The van der Waals surface area contributed by atoms with Crippen LogP contribution >= 0.6 is 0 Å². The summed E-state index contributed by atoms with van der Waals surface area (Å²) in [6.07, 6.45) is 2.66. The van der Waals surface area contributed by atoms with Gasteiger partial charge in [0.2, 0.25) is 5.91 Å². The van der Waals surface area contributed by atoms with E-state index in [4.69, 9.17) is 9.47 Å². The second kappa shape index (κ2) is 17.1. The number of hydrogen-bond acceptors (Lipinski definition) is 6. The first-order valence-corrected chi connectivity index (χ1v) is 16.1. The van der Waals surface area contributed by atoms with Crippen LogP contribution in [-0.4, -0.2) is 78.3 Å². The highest BCUT2D eigenvalue weighted by Gasteiger charge is 2.30. The number of nitrogens with zero attached hydrogens (tertiary/aromatic N) is 2. The molecule has 0 aliphatic carbocycles. The molecule has 0 bridgehead atoms. The largest absolute Gasteiger partial charge is 0.490 e. The molecular weight excluding hydrogens is 566 g/mol. The monoisotopic (exact) mass is 615 g/mol. The van der Waals surface area contributed by atoms with Gasteiger partial charge in [-0.05, 0) is 69.5 Å². The number of fused-ring (bicyclic) bond motifs is 1. The zero-order valence-electron chi connectivity index (χ0n) is 27.2. The van der Waals surface area contributed by atoms with E-state index in [0.29, 0.717) is 36.7 Å². The normalized spacial score (nSPS) is 20.5. The first-order chi connectivity index (χ1) is 21.7. The highest BCUT2D eigenvalue weighted by molar-refractivity contribution is 6.00. The Bertz CT molecular complexity index is 1350. The van der Waals surface area contributed by atoms with Crippen LogP contribution in [-0.2, 0) is 22.5 Å². The van der Waals surface area contributed by atoms with Crippen molar-refractivity contribution in [3.63, 3.8) is 0 Å². The molecule has 0 radical (unpaired) electrons. The van der Waals surface area contributed by atoms with Crippen LogP contribution in [0.5, 0.6) is 5.75 Å². The fraction of sp³-hybridized carbons (Fsp3) is 0.459. The quantitative estimate of drug-likeness (QED) is 0.317. The Balaban J connectivity index is 1.59. The van der Waals surface area contributed by atoms with Crippen molar-refractivity contribution in [3.05, 3.63) is 95.6 Å². The van der Waals surface area contributed by atoms with E-state index in [1.54, 1.807) is 23.1 Å². The van der Waals surface area contributed by atoms with Crippen LogP contribution in [0.25, 0.3) is 0 Å². The molecule has 1 aliphatic heterocycles. The predicted octanol–water partition coefficient (Wildman–Crippen LogP) is 5.80. The van der Waals surface area contributed by atoms with Crippen molar-refractivity contribution in [2.24, 2.45) is 5.92 Å². The van der Waals surface area contributed by atoms with Crippen LogP contribution in [0.15, 0.2) is 78.9 Å². The molecule has 0 fully saturated rings. The number of hydrogen-bond donors (Lipinski definition) is 2. The highest BCUT2D eigenvalue weighted by atomic mass is 16.5. The molecule has 0 spiro atoms. The van der Waals surface area contributed by atoms with Gasteiger partial charge in [-0.1, -0.05) is 67.6 Å². The van der Waals surface area contributed by atoms with Crippen LogP contribution in [0.4, 0.5) is 5.69 Å². The topological polar surface area (TPSA) is 91.3 Å². The second-order valence-corrected chi connectivity index (χ2v) is 12.4. The Labute approximate surface area is 268 Å². The molecule has 8 nitrogen and oxygen atoms in total. The van der Waals surface area contributed by atoms with Gasteiger partial charge in [-0.25, -0.2) is 0 Å². The summed E-state index contributed by atoms with van der Waals surface area (Å²) < 4.78 is 12.8. The first-order valence-electron chi connectivity index (χ1n) is 16.1. The van der Waals surface area contributed by atoms with Gasteiger partial charge in [0.15, 0.2) is 0 Å². The van der Waals surface area contributed by atoms with Gasteiger partial charge in [-0.3, -0.25) is 14.5 Å². The Hall–Kier alpha value is -3.72. The summed E-state index contributed by atoms with van der Waals surface area (Å²) >= 11 is 0. The molecule has 0 aromatic heterocycles. The summed E-state index contributed by atoms with van der Waals surface area (Å²) in [5, 5.41) is 13.2. The summed E-state index contributed by atoms with van der Waals surface area (Å²) in [7, 11) is 2.09. The maximum absolute atomic E-state index is 14.3. The van der Waals surface area contributed by atoms with Crippen molar-refractivity contribution < 1.29 is 24.2 Å². The number of anilines is 1. The molecule has 1 heterocycles. The zero-order chi connectivity index (χ0) is 32.2. The molecule has 4 atom stereocenters. The molecule has 45 heavy (non-hydrogen) atoms. The van der Waals surface area contributed by atoms with Gasteiger partial charge in [0, 0.05) is 37.8 Å². The summed E-state index contributed by atoms with van der Waals surface area (Å²) in [6.45, 7) is 8.31. The van der Waals surface area contributed by atoms with Gasteiger partial charge in [-0.15, -0.1) is 0 Å². The number of rotatable bonds is 9. The van der Waals surface area contributed by atoms with Gasteiger partial charge >= 0.3 is 0 Å². The lowest BCUT2D eigenvalue weighted by atomic mass is 10.0. The Kier molecular flexibility index (Phi) is 13.0. The molecule has 2 amide bonds. The number of ether oxygens (including phenoxy) is 2. The average Bonchev–Trinajstić information content (AvgIpc) is 3.03. The zero-order valence-corrected chi connectivity index (χ0v) is 27.2. The first kappa shape index (κ1) is 34.2. The molecule has 1 aliphatic rings. The smallest absolute Gasteiger partial charge is 0.258 e. The van der Waals surface area contributed by atoms with E-state index in [1.165, 1.54) is 5.56 Å². The third-order valence-electron chi connectivity index (χ3n) is 8.33. The molecule has 8 heteroatoms. The van der Waals surface area contributed by atoms with Gasteiger partial charge in [0.25, 0.3) is 5.91 Å². The maximum atomic E-state index is 14.3. The third kappa shape index (κ3) is 10.4. The Morgan fingerprint density at radius 2 is 1.71 bits per heavy atom. The Morgan fingerprint density at radius 3 is 2.40 bits per heavy atom. The van der Waals surface area contributed by atoms with Gasteiger partial charge in [0.05, 0.1) is 36.8 Å². The molecular formula is C37H49N3O5. The van der Waals surface area contributed by atoms with Crippen LogP contribution in [0.1, 0.15) is 61.5 Å². The molecule has 2 N–H and O–H groups in total. The van der Waals surface area contributed by atoms with Crippen molar-refractivity contribution in [2.45, 2.75) is 71.2 Å². The molecule has 0 unspecified atom stereocenters. The predicted molar refractivity (Wildman–Crippen MR) is 178 cm³/mol. The van der Waals surface area contributed by atoms with Crippen LogP contribution in [0.3, 0.4) is 0 Å². The summed E-state index contributed by atoms with van der Waals surface area (Å²) in [5.41, 5.74) is 3.03. The fourth-order valence-electron chi connectivity index (χ4n) is 5.72. The average molecular weight is 616 g/mol. The summed E-state index contributed by atoms with van der Waals surface area (Å²) in [6, 6.07) is 24.7. The second-order valence-electron chi connectivity index (χ2n) is 12.4. The lowest BCUT2D eigenvalue weighted by Gasteiger charge is -2.36. The number of carbonyl (C=O) groups excluding carboxylic acids is 2. The number of benzene rings is 3. The fourth-order valence-corrected chi connectivity index (χ4v) is 5.72. The number of nitrogens with one attached hydrogen (secondary N) is 1. The lowest BCUT2D eigenvalue weighted by Crippen LogP contribution is -2.47. The number of aliphatic hydroxyl groups is 1. The SMILES string of the molecule is C[C@@H]1CCCCO[C@@H](CN(C)Cc2ccccc2)[C@@H](C)CN([C@H](C)CO)C(=O)c2cc(NC(=O)Cc3ccccc3)ccc2O1. The molecule has 3 aromatic carbocycles. The Morgan fingerprint density at radius 1 is 1.02 bits per heavy atom. The maximum Gasteiger partial charge on any atom is 0.258 e. The van der Waals surface area contributed by atoms with E-state index in [9.17, 15) is 14.7 Å². The number of carbonyl (C=O) groups is 2. The van der Waals surface area contributed by atoms with Crippen molar-refractivity contribution in [2.75, 3.05) is 38.7 Å². The van der Waals surface area contributed by atoms with Crippen molar-refractivity contribution in [1.82, 2.24) is 9.80 Å². The molecule has 0 saturated heterocycles. The number of amides is 2. The third-order valence-corrected chi connectivity index (χ3v) is 8.33. The molecule has 242 valence electrons. The van der Waals surface area contributed by atoms with Gasteiger partial charge < -0.3 is 24.8 Å². The van der Waals surface area contributed by atoms with Gasteiger partial charge in [0.1, 0.15) is 5.75 Å². The van der Waals surface area contributed by atoms with Crippen molar-refractivity contribution in [3.8, 4) is 5.75 Å². The van der Waals surface area contributed by atoms with Crippen molar-refractivity contribution in [1.29, 1.82) is 0 Å². The highest BCUT2D eigenvalue weighted by Crippen LogP contribution is 2.28. The molecule has 4 rings (SSSR count). The number of likely N-dealkylation sites (N-methyl/N-ethyl adjacent to an activating group) is 1. The minimum Gasteiger partial charge on any atom is -0.490 e. The van der Waals surface area contributed by atoms with Crippen molar-refractivity contribution >= 4 is 17.5 Å². The van der Waals surface area contributed by atoms with E-state index in [1.807, 2.05) is 62.4 Å². The van der Waals surface area contributed by atoms with Crippen LogP contribution in [0, 0.1) is 5.92 Å². The van der Waals surface area contributed by atoms with E-state index in [-0.39, 0.29) is 43.0 Å². The number of aliphatic hydroxyl groups excluding tert-OH is 1. The van der Waals surface area contributed by atoms with Crippen LogP contribution < -0.4 is 10.1 Å². The van der Waals surface area contributed by atoms with Gasteiger partial charge in [-0.2, -0.15) is 0 Å². The lowest BCUT2D eigenvalue weighted by molar-refractivity contribution is -0.115. The molecule has 3 aromatic rings. The van der Waals surface area contributed by atoms with E-state index >= 15 is 0 Å². The molecule has 0 saturated carbocycles. The summed E-state index contributed by atoms with van der Waals surface area (Å²) in [5.74, 6) is 0.0424. The van der Waals surface area contributed by atoms with E-state index < -0.39 is 6.04 Å². The minimum atomic E-state index is -0.433. The summed E-state index contributed by atoms with van der Waals surface area (Å²) in [4.78, 5) is 31.2. The van der Waals surface area contributed by atoms with E-state index in [0.717, 1.165) is 31.4 Å². The van der Waals surface area contributed by atoms with E-state index in [2.05, 4.69) is 36.3 Å². The standard InChI is InChI=1S/C37H49N3O5/c1-27-23-40(28(2)26-41)37(43)33-22-32(38-36(42)21-30-14-7-5-8-15-30)18-19-34(33)45-29(3)13-11-12-20-44-35(27)25-39(4)24-31-16-9-6-10-17-31/h5-10,14-19,22,27-29,35,41H,11-13,20-21,23-26H2,1-4H3,(H,38,42)/t27-,28+,29+,35-/m0/s1. The van der Waals surface area contributed by atoms with Crippen LogP contribution in [0.2, 0.25) is 0 Å².